The number of nitriles is 1. The molecule has 2 aliphatic rings. The first-order valence-corrected chi connectivity index (χ1v) is 15.0. The molecule has 1 aromatic heterocycles. The minimum absolute atomic E-state index is 0.0782. The van der Waals surface area contributed by atoms with Crippen molar-refractivity contribution in [1.82, 2.24) is 4.57 Å². The van der Waals surface area contributed by atoms with E-state index in [1.807, 2.05) is 55.5 Å². The number of aryl methyl sites for hydroxylation is 1. The molecule has 1 fully saturated rings. The smallest absolute Gasteiger partial charge is 0.303 e. The van der Waals surface area contributed by atoms with Crippen molar-refractivity contribution in [2.24, 2.45) is 0 Å². The highest BCUT2D eigenvalue weighted by Gasteiger charge is 2.53. The highest BCUT2D eigenvalue weighted by atomic mass is 32.1. The number of hydrogen-bond donors (Lipinski definition) is 0. The molecule has 11 nitrogen and oxygen atoms in total. The summed E-state index contributed by atoms with van der Waals surface area (Å²) in [7, 11) is 0. The molecule has 0 radical (unpaired) electrons. The second-order valence-electron chi connectivity index (χ2n) is 11.2. The lowest BCUT2D eigenvalue weighted by atomic mass is 9.92. The number of pyridine rings is 1. The van der Waals surface area contributed by atoms with Crippen molar-refractivity contribution < 1.29 is 42.9 Å². The molecule has 3 aromatic rings. The van der Waals surface area contributed by atoms with Gasteiger partial charge in [0.2, 0.25) is 0 Å². The predicted octanol–water partition coefficient (Wildman–Crippen LogP) is 4.89. The van der Waals surface area contributed by atoms with Gasteiger partial charge in [-0.05, 0) is 23.6 Å². The topological polar surface area (TPSA) is 143 Å². The molecule has 46 heavy (non-hydrogen) atoms. The Hall–Kier alpha value is -4.86. The molecule has 0 bridgehead atoms. The molecular formula is C34H32N2O9S. The number of fused-ring (bicyclic) bond motifs is 3. The molecule has 0 saturated carbocycles. The summed E-state index contributed by atoms with van der Waals surface area (Å²) in [5, 5.41) is 10.6. The lowest BCUT2D eigenvalue weighted by Crippen LogP contribution is -2.60. The van der Waals surface area contributed by atoms with Gasteiger partial charge in [0, 0.05) is 45.2 Å². The lowest BCUT2D eigenvalue weighted by Gasteiger charge is -2.45. The summed E-state index contributed by atoms with van der Waals surface area (Å²) < 4.78 is 30.4. The van der Waals surface area contributed by atoms with Crippen molar-refractivity contribution in [2.75, 3.05) is 6.61 Å². The number of benzene rings is 2. The second kappa shape index (κ2) is 13.2. The second-order valence-corrected chi connectivity index (χ2v) is 11.5. The maximum absolute atomic E-state index is 12.6. The Kier molecular flexibility index (Phi) is 9.37. The Labute approximate surface area is 270 Å². The van der Waals surface area contributed by atoms with E-state index >= 15 is 0 Å². The summed E-state index contributed by atoms with van der Waals surface area (Å²) in [5.74, 6) is -2.86. The summed E-state index contributed by atoms with van der Waals surface area (Å²) in [4.78, 5) is 49.1. The Bertz CT molecular complexity index is 1830. The molecular weight excluding hydrogens is 612 g/mol. The summed E-state index contributed by atoms with van der Waals surface area (Å²) >= 11 is 6.03. The SMILES string of the molecule is CC(=O)OC[C@H]1O[C@@H](n2c3c(c(-c4ccc(C)cc4)c(C#N)c2=S)Cc2ccccc2-3)[C@H](OC(C)=O)[C@@H](OC(C)=O)[C@H]1OC(C)=O. The van der Waals surface area contributed by atoms with Gasteiger partial charge in [-0.25, -0.2) is 0 Å². The number of aromatic nitrogens is 1. The number of carbonyl (C=O) groups excluding carboxylic acids is 4. The van der Waals surface area contributed by atoms with Crippen LogP contribution < -0.4 is 0 Å². The maximum Gasteiger partial charge on any atom is 0.303 e. The highest BCUT2D eigenvalue weighted by Crippen LogP contribution is 2.47. The lowest BCUT2D eigenvalue weighted by molar-refractivity contribution is -0.268. The van der Waals surface area contributed by atoms with Crippen LogP contribution in [0.2, 0.25) is 0 Å². The minimum atomic E-state index is -1.40. The van der Waals surface area contributed by atoms with Gasteiger partial charge in [0.05, 0.1) is 11.3 Å². The van der Waals surface area contributed by atoms with Crippen LogP contribution in [-0.2, 0) is 49.3 Å². The summed E-state index contributed by atoms with van der Waals surface area (Å²) in [5.41, 5.74) is 5.90. The third-order valence-corrected chi connectivity index (χ3v) is 8.22. The van der Waals surface area contributed by atoms with Gasteiger partial charge >= 0.3 is 23.9 Å². The Balaban J connectivity index is 1.82. The fourth-order valence-corrected chi connectivity index (χ4v) is 6.45. The van der Waals surface area contributed by atoms with E-state index in [4.69, 9.17) is 35.9 Å². The molecule has 2 aromatic carbocycles. The largest absolute Gasteiger partial charge is 0.463 e. The van der Waals surface area contributed by atoms with Gasteiger partial charge in [-0.1, -0.05) is 66.3 Å². The van der Waals surface area contributed by atoms with Crippen molar-refractivity contribution in [1.29, 1.82) is 5.26 Å². The van der Waals surface area contributed by atoms with E-state index in [0.29, 0.717) is 17.7 Å². The summed E-state index contributed by atoms with van der Waals surface area (Å²) in [6.07, 6.45) is -6.18. The van der Waals surface area contributed by atoms with Gasteiger partial charge in [-0.2, -0.15) is 5.26 Å². The van der Waals surface area contributed by atoms with E-state index in [-0.39, 0.29) is 10.2 Å². The molecule has 12 heteroatoms. The van der Waals surface area contributed by atoms with Crippen molar-refractivity contribution in [3.63, 3.8) is 0 Å². The Morgan fingerprint density at radius 2 is 1.50 bits per heavy atom. The Morgan fingerprint density at radius 3 is 2.11 bits per heavy atom. The summed E-state index contributed by atoms with van der Waals surface area (Å²) in [6, 6.07) is 17.7. The molecule has 1 aliphatic heterocycles. The number of nitrogens with zero attached hydrogens (tertiary/aromatic N) is 2. The average molecular weight is 645 g/mol. The third-order valence-electron chi connectivity index (χ3n) is 7.82. The summed E-state index contributed by atoms with van der Waals surface area (Å²) in [6.45, 7) is 6.27. The third kappa shape index (κ3) is 6.29. The Morgan fingerprint density at radius 1 is 0.891 bits per heavy atom. The molecule has 5 rings (SSSR count). The maximum atomic E-state index is 12.6. The molecule has 238 valence electrons. The van der Waals surface area contributed by atoms with Gasteiger partial charge in [-0.15, -0.1) is 0 Å². The molecule has 0 spiro atoms. The molecule has 5 atom stereocenters. The first-order chi connectivity index (χ1) is 21.9. The standard InChI is InChI=1S/C34H32N2O9S/c1-17-10-12-22(13-11-17)28-25-14-23-8-6-7-9-24(23)29(25)36(34(46)26(28)15-35)33-32(44-21(5)40)31(43-20(4)39)30(42-19(3)38)27(45-33)16-41-18(2)37/h6-13,27,30-33H,14,16H2,1-5H3/t27-,30+,31+,32-,33-/m1/s1. The number of hydrogen-bond acceptors (Lipinski definition) is 11. The van der Waals surface area contributed by atoms with Crippen LogP contribution in [0.3, 0.4) is 0 Å². The normalized spacial score (nSPS) is 21.3. The van der Waals surface area contributed by atoms with Crippen LogP contribution in [0.4, 0.5) is 0 Å². The molecule has 2 heterocycles. The van der Waals surface area contributed by atoms with Gasteiger partial charge in [0.15, 0.2) is 24.5 Å². The van der Waals surface area contributed by atoms with Crippen molar-refractivity contribution >= 4 is 36.1 Å². The number of ether oxygens (including phenoxy) is 5. The van der Waals surface area contributed by atoms with Crippen molar-refractivity contribution in [3.8, 4) is 28.5 Å². The quantitative estimate of drug-likeness (QED) is 0.154. The predicted molar refractivity (Wildman–Crippen MR) is 166 cm³/mol. The van der Waals surface area contributed by atoms with Crippen LogP contribution in [0.25, 0.3) is 22.4 Å². The van der Waals surface area contributed by atoms with Crippen molar-refractivity contribution in [2.45, 2.75) is 71.7 Å². The number of carbonyl (C=O) groups is 4. The minimum Gasteiger partial charge on any atom is -0.463 e. The van der Waals surface area contributed by atoms with Crippen LogP contribution in [0, 0.1) is 22.9 Å². The van der Waals surface area contributed by atoms with Crippen LogP contribution in [0.5, 0.6) is 0 Å². The average Bonchev–Trinajstić information content (AvgIpc) is 3.37. The zero-order chi connectivity index (χ0) is 33.3. The zero-order valence-electron chi connectivity index (χ0n) is 25.9. The van der Waals surface area contributed by atoms with E-state index in [0.717, 1.165) is 41.7 Å². The molecule has 0 amide bonds. The fraction of sp³-hybridized carbons (Fsp3) is 0.353. The van der Waals surface area contributed by atoms with Crippen LogP contribution in [0.15, 0.2) is 48.5 Å². The number of rotatable bonds is 7. The van der Waals surface area contributed by atoms with Gasteiger partial charge in [-0.3, -0.25) is 19.2 Å². The molecule has 0 unspecified atom stereocenters. The van der Waals surface area contributed by atoms with Crippen LogP contribution in [0.1, 0.15) is 56.2 Å². The van der Waals surface area contributed by atoms with E-state index in [2.05, 4.69) is 6.07 Å². The van der Waals surface area contributed by atoms with Gasteiger partial charge in [0.25, 0.3) is 0 Å². The molecule has 0 N–H and O–H groups in total. The van der Waals surface area contributed by atoms with Gasteiger partial charge < -0.3 is 28.3 Å². The van der Waals surface area contributed by atoms with E-state index < -0.39 is 61.1 Å². The monoisotopic (exact) mass is 644 g/mol. The van der Waals surface area contributed by atoms with E-state index in [1.54, 1.807) is 4.57 Å². The van der Waals surface area contributed by atoms with Gasteiger partial charge in [0.1, 0.15) is 23.4 Å². The first-order valence-electron chi connectivity index (χ1n) is 14.6. The van der Waals surface area contributed by atoms with E-state index in [9.17, 15) is 24.4 Å². The molecule has 1 aliphatic carbocycles. The first kappa shape index (κ1) is 32.5. The van der Waals surface area contributed by atoms with E-state index in [1.165, 1.54) is 13.8 Å². The van der Waals surface area contributed by atoms with Crippen LogP contribution in [-0.4, -0.2) is 59.5 Å². The zero-order valence-corrected chi connectivity index (χ0v) is 26.7. The molecule has 1 saturated heterocycles. The fourth-order valence-electron chi connectivity index (χ4n) is 6.10. The number of esters is 4. The van der Waals surface area contributed by atoms with Crippen LogP contribution >= 0.6 is 12.2 Å². The van der Waals surface area contributed by atoms with Crippen molar-refractivity contribution in [3.05, 3.63) is 75.4 Å². The highest BCUT2D eigenvalue weighted by molar-refractivity contribution is 7.71.